The smallest absolute Gasteiger partial charge is 0.267 e. The summed E-state index contributed by atoms with van der Waals surface area (Å²) in [4.78, 5) is 12.2. The molecule has 6 nitrogen and oxygen atoms in total. The van der Waals surface area contributed by atoms with Gasteiger partial charge in [-0.1, -0.05) is 12.1 Å². The summed E-state index contributed by atoms with van der Waals surface area (Å²) in [6, 6.07) is 16.3. The largest absolute Gasteiger partial charge is 0.497 e. The average Bonchev–Trinajstić information content (AvgIpc) is 2.69. The van der Waals surface area contributed by atoms with Crippen molar-refractivity contribution in [3.8, 4) is 28.5 Å². The quantitative estimate of drug-likeness (QED) is 0.682. The first-order chi connectivity index (χ1) is 12.6. The van der Waals surface area contributed by atoms with Gasteiger partial charge >= 0.3 is 0 Å². The minimum atomic E-state index is -0.162. The third-order valence-corrected chi connectivity index (χ3v) is 4.04. The Morgan fingerprint density at radius 2 is 1.58 bits per heavy atom. The SMILES string of the molecule is COc1ccc(Cn2nc(-c3ccc(OC)c(OC)c3)ccc2=O)cc1. The van der Waals surface area contributed by atoms with Crippen LogP contribution in [0.5, 0.6) is 17.2 Å². The molecule has 0 saturated heterocycles. The number of methoxy groups -OCH3 is 3. The topological polar surface area (TPSA) is 62.6 Å². The van der Waals surface area contributed by atoms with E-state index in [1.165, 1.54) is 10.7 Å². The van der Waals surface area contributed by atoms with Crippen molar-refractivity contribution in [2.24, 2.45) is 0 Å². The zero-order valence-corrected chi connectivity index (χ0v) is 14.9. The molecule has 3 aromatic rings. The van der Waals surface area contributed by atoms with E-state index in [2.05, 4.69) is 5.10 Å². The normalized spacial score (nSPS) is 10.4. The Kier molecular flexibility index (Phi) is 5.22. The molecule has 0 fully saturated rings. The lowest BCUT2D eigenvalue weighted by Crippen LogP contribution is -2.22. The van der Waals surface area contributed by atoms with Crippen LogP contribution < -0.4 is 19.8 Å². The maximum absolute atomic E-state index is 12.2. The molecule has 1 aromatic heterocycles. The van der Waals surface area contributed by atoms with Crippen LogP contribution in [0.4, 0.5) is 0 Å². The molecule has 0 aliphatic rings. The molecule has 0 unspecified atom stereocenters. The molecule has 0 bridgehead atoms. The first kappa shape index (κ1) is 17.5. The highest BCUT2D eigenvalue weighted by molar-refractivity contribution is 5.63. The van der Waals surface area contributed by atoms with Gasteiger partial charge in [0.05, 0.1) is 33.6 Å². The van der Waals surface area contributed by atoms with Crippen molar-refractivity contribution in [2.45, 2.75) is 6.54 Å². The molecular weight excluding hydrogens is 332 g/mol. The summed E-state index contributed by atoms with van der Waals surface area (Å²) in [6.07, 6.45) is 0. The standard InChI is InChI=1S/C20H20N2O4/c1-24-16-7-4-14(5-8-16)13-22-20(23)11-9-17(21-22)15-6-10-18(25-2)19(12-15)26-3/h4-12H,13H2,1-3H3. The van der Waals surface area contributed by atoms with Crippen LogP contribution in [0, 0.1) is 0 Å². The second-order valence-electron chi connectivity index (χ2n) is 5.63. The maximum atomic E-state index is 12.2. The second kappa shape index (κ2) is 7.74. The lowest BCUT2D eigenvalue weighted by Gasteiger charge is -2.11. The van der Waals surface area contributed by atoms with E-state index in [-0.39, 0.29) is 5.56 Å². The lowest BCUT2D eigenvalue weighted by molar-refractivity contribution is 0.355. The highest BCUT2D eigenvalue weighted by atomic mass is 16.5. The predicted octanol–water partition coefficient (Wildman–Crippen LogP) is 2.98. The minimum Gasteiger partial charge on any atom is -0.497 e. The fraction of sp³-hybridized carbons (Fsp3) is 0.200. The Hall–Kier alpha value is -3.28. The van der Waals surface area contributed by atoms with Gasteiger partial charge in [0.2, 0.25) is 0 Å². The van der Waals surface area contributed by atoms with Gasteiger partial charge in [0.1, 0.15) is 5.75 Å². The van der Waals surface area contributed by atoms with Gasteiger partial charge in [-0.3, -0.25) is 4.79 Å². The summed E-state index contributed by atoms with van der Waals surface area (Å²) in [5, 5.41) is 4.49. The zero-order chi connectivity index (χ0) is 18.5. The summed E-state index contributed by atoms with van der Waals surface area (Å²) in [5.74, 6) is 2.02. The fourth-order valence-electron chi connectivity index (χ4n) is 2.62. The second-order valence-corrected chi connectivity index (χ2v) is 5.63. The molecule has 6 heteroatoms. The highest BCUT2D eigenvalue weighted by Gasteiger charge is 2.09. The van der Waals surface area contributed by atoms with E-state index in [0.717, 1.165) is 16.9 Å². The van der Waals surface area contributed by atoms with Gasteiger partial charge in [-0.15, -0.1) is 0 Å². The highest BCUT2D eigenvalue weighted by Crippen LogP contribution is 2.31. The number of ether oxygens (including phenoxy) is 3. The van der Waals surface area contributed by atoms with Crippen LogP contribution in [-0.2, 0) is 6.54 Å². The van der Waals surface area contributed by atoms with Crippen molar-refractivity contribution in [1.29, 1.82) is 0 Å². The molecule has 0 radical (unpaired) electrons. The number of hydrogen-bond acceptors (Lipinski definition) is 5. The van der Waals surface area contributed by atoms with Crippen LogP contribution in [0.1, 0.15) is 5.56 Å². The molecule has 0 saturated carbocycles. The van der Waals surface area contributed by atoms with Gasteiger partial charge in [0.25, 0.3) is 5.56 Å². The van der Waals surface area contributed by atoms with Gasteiger partial charge in [0, 0.05) is 11.6 Å². The monoisotopic (exact) mass is 352 g/mol. The molecule has 2 aromatic carbocycles. The number of benzene rings is 2. The first-order valence-electron chi connectivity index (χ1n) is 8.08. The van der Waals surface area contributed by atoms with E-state index >= 15 is 0 Å². The summed E-state index contributed by atoms with van der Waals surface area (Å²) in [6.45, 7) is 0.379. The summed E-state index contributed by atoms with van der Waals surface area (Å²) in [7, 11) is 4.79. The van der Waals surface area contributed by atoms with Crippen molar-refractivity contribution >= 4 is 0 Å². The molecule has 26 heavy (non-hydrogen) atoms. The van der Waals surface area contributed by atoms with Crippen molar-refractivity contribution in [3.63, 3.8) is 0 Å². The van der Waals surface area contributed by atoms with E-state index in [0.29, 0.717) is 23.7 Å². The Balaban J connectivity index is 1.93. The number of aromatic nitrogens is 2. The first-order valence-corrected chi connectivity index (χ1v) is 8.08. The Morgan fingerprint density at radius 1 is 0.846 bits per heavy atom. The van der Waals surface area contributed by atoms with Crippen LogP contribution in [0.2, 0.25) is 0 Å². The van der Waals surface area contributed by atoms with E-state index in [1.54, 1.807) is 27.4 Å². The molecule has 0 amide bonds. The van der Waals surface area contributed by atoms with Crippen LogP contribution in [0.3, 0.4) is 0 Å². The van der Waals surface area contributed by atoms with Gasteiger partial charge in [0.15, 0.2) is 11.5 Å². The van der Waals surface area contributed by atoms with Gasteiger partial charge in [-0.05, 0) is 42.0 Å². The number of rotatable bonds is 6. The van der Waals surface area contributed by atoms with Crippen molar-refractivity contribution in [3.05, 3.63) is 70.5 Å². The maximum Gasteiger partial charge on any atom is 0.267 e. The molecule has 0 N–H and O–H groups in total. The van der Waals surface area contributed by atoms with Crippen LogP contribution in [0.25, 0.3) is 11.3 Å². The van der Waals surface area contributed by atoms with E-state index in [9.17, 15) is 4.79 Å². The Bertz CT molecular complexity index is 949. The molecule has 0 aliphatic heterocycles. The molecule has 1 heterocycles. The third kappa shape index (κ3) is 3.69. The molecule has 134 valence electrons. The van der Waals surface area contributed by atoms with Crippen molar-refractivity contribution in [1.82, 2.24) is 9.78 Å². The van der Waals surface area contributed by atoms with Crippen molar-refractivity contribution in [2.75, 3.05) is 21.3 Å². The fourth-order valence-corrected chi connectivity index (χ4v) is 2.62. The molecule has 0 atom stereocenters. The summed E-state index contributed by atoms with van der Waals surface area (Å²) >= 11 is 0. The number of nitrogens with zero attached hydrogens (tertiary/aromatic N) is 2. The van der Waals surface area contributed by atoms with Crippen LogP contribution >= 0.6 is 0 Å². The summed E-state index contributed by atoms with van der Waals surface area (Å²) in [5.41, 5.74) is 2.32. The lowest BCUT2D eigenvalue weighted by atomic mass is 10.1. The van der Waals surface area contributed by atoms with E-state index < -0.39 is 0 Å². The van der Waals surface area contributed by atoms with E-state index in [1.807, 2.05) is 42.5 Å². The van der Waals surface area contributed by atoms with Crippen LogP contribution in [0.15, 0.2) is 59.4 Å². The molecule has 0 aliphatic carbocycles. The van der Waals surface area contributed by atoms with Gasteiger partial charge < -0.3 is 14.2 Å². The predicted molar refractivity (Wildman–Crippen MR) is 99.1 cm³/mol. The third-order valence-electron chi connectivity index (χ3n) is 4.04. The van der Waals surface area contributed by atoms with Gasteiger partial charge in [-0.25, -0.2) is 4.68 Å². The minimum absolute atomic E-state index is 0.162. The average molecular weight is 352 g/mol. The molecule has 0 spiro atoms. The van der Waals surface area contributed by atoms with Crippen molar-refractivity contribution < 1.29 is 14.2 Å². The van der Waals surface area contributed by atoms with Crippen LogP contribution in [-0.4, -0.2) is 31.1 Å². The zero-order valence-electron chi connectivity index (χ0n) is 14.9. The Morgan fingerprint density at radius 3 is 2.23 bits per heavy atom. The van der Waals surface area contributed by atoms with E-state index in [4.69, 9.17) is 14.2 Å². The summed E-state index contributed by atoms with van der Waals surface area (Å²) < 4.78 is 17.2. The Labute approximate surface area is 151 Å². The molecule has 3 rings (SSSR count). The van der Waals surface area contributed by atoms with Gasteiger partial charge in [-0.2, -0.15) is 5.10 Å². The molecular formula is C20H20N2O4. The number of hydrogen-bond donors (Lipinski definition) is 0.